The molecule has 0 aliphatic heterocycles. The highest BCUT2D eigenvalue weighted by Gasteiger charge is 2.29. The number of carbonyl (C=O) groups is 1. The third-order valence-electron chi connectivity index (χ3n) is 3.80. The largest absolute Gasteiger partial charge is 0.496 e. The minimum atomic E-state index is -3.69. The molecule has 2 aromatic rings. The summed E-state index contributed by atoms with van der Waals surface area (Å²) in [5, 5.41) is 3.14. The molecule has 6 nitrogen and oxygen atoms in total. The third kappa shape index (κ3) is 4.89. The van der Waals surface area contributed by atoms with Crippen LogP contribution in [0.2, 0.25) is 5.02 Å². The minimum absolute atomic E-state index is 0.223. The minimum Gasteiger partial charge on any atom is -0.496 e. The summed E-state index contributed by atoms with van der Waals surface area (Å²) in [7, 11) is -2.14. The fourth-order valence-electron chi connectivity index (χ4n) is 2.60. The number of nitrogens with zero attached hydrogens (tertiary/aromatic N) is 1. The number of anilines is 1. The highest BCUT2D eigenvalue weighted by Crippen LogP contribution is 2.24. The van der Waals surface area contributed by atoms with E-state index in [1.54, 1.807) is 31.4 Å². The second kappa shape index (κ2) is 8.42. The van der Waals surface area contributed by atoms with Gasteiger partial charge in [-0.15, -0.1) is 0 Å². The molecule has 2 rings (SSSR count). The van der Waals surface area contributed by atoms with Crippen molar-refractivity contribution < 1.29 is 17.9 Å². The molecule has 0 spiro atoms. The zero-order valence-corrected chi connectivity index (χ0v) is 16.3. The van der Waals surface area contributed by atoms with Crippen molar-refractivity contribution in [2.24, 2.45) is 0 Å². The Bertz CT molecular complexity index is 886. The van der Waals surface area contributed by atoms with Gasteiger partial charge in [-0.05, 0) is 31.2 Å². The number of carbonyl (C=O) groups excluding carboxylic acids is 1. The monoisotopic (exact) mass is 396 g/mol. The van der Waals surface area contributed by atoms with Crippen LogP contribution in [-0.2, 0) is 21.4 Å². The summed E-state index contributed by atoms with van der Waals surface area (Å²) in [6, 6.07) is 12.7. The SMILES string of the molecule is COc1ccccc1CNC(=O)[C@@H](C)N(c1cccc(Cl)c1)S(C)(=O)=O. The summed E-state index contributed by atoms with van der Waals surface area (Å²) in [4.78, 5) is 12.6. The van der Waals surface area contributed by atoms with Crippen molar-refractivity contribution in [1.29, 1.82) is 0 Å². The molecule has 0 saturated carbocycles. The van der Waals surface area contributed by atoms with Crippen molar-refractivity contribution in [1.82, 2.24) is 5.32 Å². The van der Waals surface area contributed by atoms with Gasteiger partial charge in [0.05, 0.1) is 19.1 Å². The van der Waals surface area contributed by atoms with Crippen LogP contribution in [0, 0.1) is 0 Å². The van der Waals surface area contributed by atoms with Crippen LogP contribution < -0.4 is 14.4 Å². The molecule has 140 valence electrons. The van der Waals surface area contributed by atoms with Crippen LogP contribution in [0.15, 0.2) is 48.5 Å². The number of rotatable bonds is 7. The lowest BCUT2D eigenvalue weighted by Crippen LogP contribution is -2.47. The van der Waals surface area contributed by atoms with Crippen LogP contribution in [0.4, 0.5) is 5.69 Å². The van der Waals surface area contributed by atoms with E-state index in [4.69, 9.17) is 16.3 Å². The molecular formula is C18H21ClN2O4S. The summed E-state index contributed by atoms with van der Waals surface area (Å²) in [5.41, 5.74) is 1.13. The molecule has 0 aliphatic carbocycles. The molecule has 8 heteroatoms. The molecule has 0 bridgehead atoms. The van der Waals surface area contributed by atoms with Crippen LogP contribution in [0.25, 0.3) is 0 Å². The van der Waals surface area contributed by atoms with Crippen LogP contribution in [-0.4, -0.2) is 33.7 Å². The van der Waals surface area contributed by atoms with E-state index in [1.165, 1.54) is 13.0 Å². The highest BCUT2D eigenvalue weighted by atomic mass is 35.5. The average Bonchev–Trinajstić information content (AvgIpc) is 2.58. The zero-order chi connectivity index (χ0) is 19.3. The molecule has 0 fully saturated rings. The number of hydrogen-bond acceptors (Lipinski definition) is 4. The van der Waals surface area contributed by atoms with Crippen molar-refractivity contribution >= 4 is 33.2 Å². The van der Waals surface area contributed by atoms with Crippen LogP contribution in [0.1, 0.15) is 12.5 Å². The maximum Gasteiger partial charge on any atom is 0.243 e. The lowest BCUT2D eigenvalue weighted by atomic mass is 10.2. The van der Waals surface area contributed by atoms with E-state index >= 15 is 0 Å². The van der Waals surface area contributed by atoms with E-state index in [9.17, 15) is 13.2 Å². The number of amides is 1. The molecule has 1 amide bonds. The van der Waals surface area contributed by atoms with Gasteiger partial charge in [0.15, 0.2) is 0 Å². The second-order valence-corrected chi connectivity index (χ2v) is 8.04. The smallest absolute Gasteiger partial charge is 0.243 e. The summed E-state index contributed by atoms with van der Waals surface area (Å²) in [6.07, 6.45) is 1.05. The number of benzene rings is 2. The Balaban J connectivity index is 2.20. The molecular weight excluding hydrogens is 376 g/mol. The Kier molecular flexibility index (Phi) is 6.50. The predicted octanol–water partition coefficient (Wildman–Crippen LogP) is 2.82. The highest BCUT2D eigenvalue weighted by molar-refractivity contribution is 7.92. The van der Waals surface area contributed by atoms with Gasteiger partial charge < -0.3 is 10.1 Å². The molecule has 0 saturated heterocycles. The number of hydrogen-bond donors (Lipinski definition) is 1. The topological polar surface area (TPSA) is 75.7 Å². The van der Waals surface area contributed by atoms with E-state index in [0.29, 0.717) is 16.5 Å². The van der Waals surface area contributed by atoms with Crippen molar-refractivity contribution in [3.63, 3.8) is 0 Å². The Labute approximate surface area is 158 Å². The van der Waals surface area contributed by atoms with E-state index < -0.39 is 22.0 Å². The lowest BCUT2D eigenvalue weighted by molar-refractivity contribution is -0.122. The third-order valence-corrected chi connectivity index (χ3v) is 5.27. The lowest BCUT2D eigenvalue weighted by Gasteiger charge is -2.28. The number of halogens is 1. The van der Waals surface area contributed by atoms with E-state index in [0.717, 1.165) is 16.1 Å². The van der Waals surface area contributed by atoms with Crippen molar-refractivity contribution in [3.05, 3.63) is 59.1 Å². The number of sulfonamides is 1. The number of nitrogens with one attached hydrogen (secondary N) is 1. The van der Waals surface area contributed by atoms with Gasteiger partial charge in [-0.2, -0.15) is 0 Å². The van der Waals surface area contributed by atoms with Crippen molar-refractivity contribution in [2.75, 3.05) is 17.7 Å². The maximum atomic E-state index is 12.6. The van der Waals surface area contributed by atoms with Gasteiger partial charge in [-0.1, -0.05) is 35.9 Å². The van der Waals surface area contributed by atoms with Crippen molar-refractivity contribution in [3.8, 4) is 5.75 Å². The number of methoxy groups -OCH3 is 1. The fourth-order valence-corrected chi connectivity index (χ4v) is 3.95. The first-order chi connectivity index (χ1) is 12.2. The van der Waals surface area contributed by atoms with E-state index in [1.807, 2.05) is 18.2 Å². The summed E-state index contributed by atoms with van der Waals surface area (Å²) >= 11 is 5.96. The quantitative estimate of drug-likeness (QED) is 0.780. The first-order valence-electron chi connectivity index (χ1n) is 7.88. The molecule has 1 N–H and O–H groups in total. The molecule has 1 atom stereocenters. The molecule has 0 aliphatic rings. The summed E-state index contributed by atoms with van der Waals surface area (Å²) in [6.45, 7) is 1.75. The number of ether oxygens (including phenoxy) is 1. The fraction of sp³-hybridized carbons (Fsp3) is 0.278. The molecule has 0 heterocycles. The molecule has 2 aromatic carbocycles. The van der Waals surface area contributed by atoms with Gasteiger partial charge in [-0.3, -0.25) is 9.10 Å². The number of para-hydroxylation sites is 1. The summed E-state index contributed by atoms with van der Waals surface area (Å²) in [5.74, 6) is 0.219. The Hall–Kier alpha value is -2.25. The summed E-state index contributed by atoms with van der Waals surface area (Å²) < 4.78 is 30.8. The Morgan fingerprint density at radius 2 is 1.92 bits per heavy atom. The van der Waals surface area contributed by atoms with Crippen LogP contribution in [0.5, 0.6) is 5.75 Å². The zero-order valence-electron chi connectivity index (χ0n) is 14.8. The average molecular weight is 397 g/mol. The van der Waals surface area contributed by atoms with Gasteiger partial charge >= 0.3 is 0 Å². The normalized spacial score (nSPS) is 12.3. The van der Waals surface area contributed by atoms with Gasteiger partial charge in [-0.25, -0.2) is 8.42 Å². The van der Waals surface area contributed by atoms with Gasteiger partial charge in [0.2, 0.25) is 15.9 Å². The first kappa shape index (κ1) is 20.1. The van der Waals surface area contributed by atoms with E-state index in [2.05, 4.69) is 5.32 Å². The second-order valence-electron chi connectivity index (χ2n) is 5.74. The molecule has 0 radical (unpaired) electrons. The molecule has 0 aromatic heterocycles. The van der Waals surface area contributed by atoms with Gasteiger partial charge in [0, 0.05) is 17.1 Å². The predicted molar refractivity (Wildman–Crippen MR) is 103 cm³/mol. The van der Waals surface area contributed by atoms with Gasteiger partial charge in [0.25, 0.3) is 0 Å². The standard InChI is InChI=1S/C18H21ClN2O4S/c1-13(18(22)20-12-14-7-4-5-10-17(14)25-2)21(26(3,23)24)16-9-6-8-15(19)11-16/h4-11,13H,12H2,1-3H3,(H,20,22)/t13-/m1/s1. The first-order valence-corrected chi connectivity index (χ1v) is 10.1. The Morgan fingerprint density at radius 1 is 1.23 bits per heavy atom. The van der Waals surface area contributed by atoms with Crippen LogP contribution >= 0.6 is 11.6 Å². The van der Waals surface area contributed by atoms with E-state index in [-0.39, 0.29) is 6.54 Å². The van der Waals surface area contributed by atoms with Gasteiger partial charge in [0.1, 0.15) is 11.8 Å². The molecule has 0 unspecified atom stereocenters. The maximum absolute atomic E-state index is 12.6. The van der Waals surface area contributed by atoms with Crippen LogP contribution in [0.3, 0.4) is 0 Å². The Morgan fingerprint density at radius 3 is 2.54 bits per heavy atom. The van der Waals surface area contributed by atoms with Crippen molar-refractivity contribution in [2.45, 2.75) is 19.5 Å². The molecule has 26 heavy (non-hydrogen) atoms.